The molecule has 0 aliphatic rings. The molecule has 1 aromatic heterocycles. The van der Waals surface area contributed by atoms with Crippen molar-refractivity contribution < 1.29 is 0 Å². The van der Waals surface area contributed by atoms with E-state index < -0.39 is 0 Å². The number of benzene rings is 2. The SMILES string of the molecule is Clc1ccccc1N/N=C\c1cnc2ccccc2n1. The number of nitrogens with zero attached hydrogens (tertiary/aromatic N) is 3. The molecule has 0 aliphatic heterocycles. The van der Waals surface area contributed by atoms with Gasteiger partial charge in [0.05, 0.1) is 34.2 Å². The van der Waals surface area contributed by atoms with Gasteiger partial charge in [0, 0.05) is 0 Å². The standard InChI is InChI=1S/C15H11ClN4/c16-12-5-1-2-6-13(12)20-18-10-11-9-17-14-7-3-4-8-15(14)19-11/h1-10,20H/b18-10-. The Hall–Kier alpha value is -2.46. The summed E-state index contributed by atoms with van der Waals surface area (Å²) in [5.74, 6) is 0. The Labute approximate surface area is 121 Å². The van der Waals surface area contributed by atoms with Crippen LogP contribution in [0.25, 0.3) is 11.0 Å². The zero-order valence-corrected chi connectivity index (χ0v) is 11.2. The van der Waals surface area contributed by atoms with Crippen LogP contribution in [-0.4, -0.2) is 16.2 Å². The van der Waals surface area contributed by atoms with E-state index in [9.17, 15) is 0 Å². The van der Waals surface area contributed by atoms with E-state index in [4.69, 9.17) is 11.6 Å². The first-order valence-corrected chi connectivity index (χ1v) is 6.46. The van der Waals surface area contributed by atoms with Crippen molar-refractivity contribution >= 4 is 34.5 Å². The summed E-state index contributed by atoms with van der Waals surface area (Å²) in [6, 6.07) is 15.1. The molecule has 4 nitrogen and oxygen atoms in total. The zero-order chi connectivity index (χ0) is 13.8. The van der Waals surface area contributed by atoms with Crippen LogP contribution in [0.5, 0.6) is 0 Å². The summed E-state index contributed by atoms with van der Waals surface area (Å²) in [5, 5.41) is 4.74. The average molecular weight is 283 g/mol. The smallest absolute Gasteiger partial charge is 0.102 e. The molecular weight excluding hydrogens is 272 g/mol. The van der Waals surface area contributed by atoms with E-state index in [0.29, 0.717) is 10.7 Å². The summed E-state index contributed by atoms with van der Waals surface area (Å²) in [5.41, 5.74) is 6.02. The van der Waals surface area contributed by atoms with Gasteiger partial charge in [-0.05, 0) is 24.3 Å². The summed E-state index contributed by atoms with van der Waals surface area (Å²) in [7, 11) is 0. The van der Waals surface area contributed by atoms with E-state index in [2.05, 4.69) is 20.5 Å². The molecule has 0 saturated heterocycles. The van der Waals surface area contributed by atoms with Crippen molar-refractivity contribution in [1.82, 2.24) is 9.97 Å². The lowest BCUT2D eigenvalue weighted by atomic mass is 10.3. The highest BCUT2D eigenvalue weighted by atomic mass is 35.5. The maximum atomic E-state index is 6.02. The highest BCUT2D eigenvalue weighted by Crippen LogP contribution is 2.20. The van der Waals surface area contributed by atoms with Crippen LogP contribution < -0.4 is 5.43 Å². The van der Waals surface area contributed by atoms with Crippen molar-refractivity contribution in [2.75, 3.05) is 5.43 Å². The molecule has 0 amide bonds. The number of fused-ring (bicyclic) bond motifs is 1. The maximum Gasteiger partial charge on any atom is 0.102 e. The Morgan fingerprint density at radius 2 is 1.75 bits per heavy atom. The van der Waals surface area contributed by atoms with E-state index in [1.54, 1.807) is 18.5 Å². The molecule has 0 atom stereocenters. The monoisotopic (exact) mass is 282 g/mol. The minimum atomic E-state index is 0.620. The first kappa shape index (κ1) is 12.6. The van der Waals surface area contributed by atoms with Gasteiger partial charge >= 0.3 is 0 Å². The number of nitrogens with one attached hydrogen (secondary N) is 1. The van der Waals surface area contributed by atoms with E-state index in [1.165, 1.54) is 0 Å². The number of rotatable bonds is 3. The summed E-state index contributed by atoms with van der Waals surface area (Å²) < 4.78 is 0. The molecule has 0 aliphatic carbocycles. The second-order valence-corrected chi connectivity index (χ2v) is 4.54. The van der Waals surface area contributed by atoms with Crippen LogP contribution >= 0.6 is 11.6 Å². The van der Waals surface area contributed by atoms with Gasteiger partial charge in [0.25, 0.3) is 0 Å². The molecule has 2 aromatic carbocycles. The molecule has 3 rings (SSSR count). The van der Waals surface area contributed by atoms with Gasteiger partial charge < -0.3 is 0 Å². The lowest BCUT2D eigenvalue weighted by Gasteiger charge is -2.01. The summed E-state index contributed by atoms with van der Waals surface area (Å²) >= 11 is 6.02. The molecular formula is C15H11ClN4. The molecule has 3 aromatic rings. The number of hydrogen-bond donors (Lipinski definition) is 1. The minimum absolute atomic E-state index is 0.620. The number of hydrazone groups is 1. The predicted molar refractivity (Wildman–Crippen MR) is 82.2 cm³/mol. The average Bonchev–Trinajstić information content (AvgIpc) is 2.49. The first-order chi connectivity index (χ1) is 9.83. The van der Waals surface area contributed by atoms with Gasteiger partial charge in [0.1, 0.15) is 5.69 Å². The minimum Gasteiger partial charge on any atom is -0.277 e. The second-order valence-electron chi connectivity index (χ2n) is 4.13. The second kappa shape index (κ2) is 5.67. The Morgan fingerprint density at radius 1 is 1.00 bits per heavy atom. The fourth-order valence-electron chi connectivity index (χ4n) is 1.75. The normalized spacial score (nSPS) is 11.1. The van der Waals surface area contributed by atoms with Crippen LogP contribution in [0.3, 0.4) is 0 Å². The van der Waals surface area contributed by atoms with Gasteiger partial charge in [-0.15, -0.1) is 0 Å². The lowest BCUT2D eigenvalue weighted by molar-refractivity contribution is 1.26. The third kappa shape index (κ3) is 2.75. The van der Waals surface area contributed by atoms with Crippen molar-refractivity contribution in [2.24, 2.45) is 5.10 Å². The number of halogens is 1. The fourth-order valence-corrected chi connectivity index (χ4v) is 1.93. The van der Waals surface area contributed by atoms with E-state index in [0.717, 1.165) is 16.7 Å². The van der Waals surface area contributed by atoms with Crippen molar-refractivity contribution in [3.8, 4) is 0 Å². The fraction of sp³-hybridized carbons (Fsp3) is 0. The number of anilines is 1. The van der Waals surface area contributed by atoms with E-state index in [1.807, 2.05) is 42.5 Å². The molecule has 98 valence electrons. The third-order valence-corrected chi connectivity index (χ3v) is 3.05. The summed E-state index contributed by atoms with van der Waals surface area (Å²) in [4.78, 5) is 8.76. The van der Waals surface area contributed by atoms with Crippen LogP contribution in [0, 0.1) is 0 Å². The van der Waals surface area contributed by atoms with E-state index >= 15 is 0 Å². The molecule has 0 fully saturated rings. The molecule has 0 radical (unpaired) electrons. The Kier molecular flexibility index (Phi) is 3.56. The predicted octanol–water partition coefficient (Wildman–Crippen LogP) is 3.73. The van der Waals surface area contributed by atoms with Crippen molar-refractivity contribution in [3.05, 3.63) is 65.4 Å². The van der Waals surface area contributed by atoms with Crippen LogP contribution in [0.15, 0.2) is 59.8 Å². The Balaban J connectivity index is 1.79. The molecule has 1 N–H and O–H groups in total. The van der Waals surface area contributed by atoms with Gasteiger partial charge in [-0.25, -0.2) is 4.98 Å². The van der Waals surface area contributed by atoms with Crippen molar-refractivity contribution in [1.29, 1.82) is 0 Å². The van der Waals surface area contributed by atoms with Crippen molar-refractivity contribution in [2.45, 2.75) is 0 Å². The van der Waals surface area contributed by atoms with Crippen LogP contribution in [0.2, 0.25) is 5.02 Å². The van der Waals surface area contributed by atoms with Crippen LogP contribution in [0.1, 0.15) is 5.69 Å². The molecule has 0 saturated carbocycles. The Morgan fingerprint density at radius 3 is 2.60 bits per heavy atom. The maximum absolute atomic E-state index is 6.02. The van der Waals surface area contributed by atoms with Gasteiger partial charge in [-0.2, -0.15) is 5.10 Å². The van der Waals surface area contributed by atoms with Gasteiger partial charge in [0.15, 0.2) is 0 Å². The van der Waals surface area contributed by atoms with Gasteiger partial charge in [-0.3, -0.25) is 10.4 Å². The highest BCUT2D eigenvalue weighted by Gasteiger charge is 1.97. The van der Waals surface area contributed by atoms with Crippen molar-refractivity contribution in [3.63, 3.8) is 0 Å². The Bertz CT molecular complexity index is 770. The first-order valence-electron chi connectivity index (χ1n) is 6.08. The number of aromatic nitrogens is 2. The number of hydrogen-bond acceptors (Lipinski definition) is 4. The topological polar surface area (TPSA) is 50.2 Å². The van der Waals surface area contributed by atoms with E-state index in [-0.39, 0.29) is 0 Å². The zero-order valence-electron chi connectivity index (χ0n) is 10.5. The quantitative estimate of drug-likeness (QED) is 0.588. The molecule has 20 heavy (non-hydrogen) atoms. The lowest BCUT2D eigenvalue weighted by Crippen LogP contribution is -1.95. The highest BCUT2D eigenvalue weighted by molar-refractivity contribution is 6.33. The molecule has 0 unspecified atom stereocenters. The summed E-state index contributed by atoms with van der Waals surface area (Å²) in [6.45, 7) is 0. The molecule has 5 heteroatoms. The molecule has 1 heterocycles. The number of para-hydroxylation sites is 3. The van der Waals surface area contributed by atoms with Gasteiger partial charge in [0.2, 0.25) is 0 Å². The van der Waals surface area contributed by atoms with Gasteiger partial charge in [-0.1, -0.05) is 35.9 Å². The molecule has 0 spiro atoms. The third-order valence-electron chi connectivity index (χ3n) is 2.72. The summed E-state index contributed by atoms with van der Waals surface area (Å²) in [6.07, 6.45) is 3.29. The van der Waals surface area contributed by atoms with Crippen LogP contribution in [0.4, 0.5) is 5.69 Å². The molecule has 0 bridgehead atoms. The largest absolute Gasteiger partial charge is 0.277 e. The van der Waals surface area contributed by atoms with Crippen LogP contribution in [-0.2, 0) is 0 Å².